The van der Waals surface area contributed by atoms with E-state index in [-0.39, 0.29) is 5.82 Å². The normalized spacial score (nSPS) is 18.0. The molecule has 0 radical (unpaired) electrons. The molecule has 0 atom stereocenters. The highest BCUT2D eigenvalue weighted by Crippen LogP contribution is 2.40. The minimum Gasteiger partial charge on any atom is -0.371 e. The van der Waals surface area contributed by atoms with Crippen LogP contribution in [0.2, 0.25) is 0 Å². The number of hydrogen-bond acceptors (Lipinski definition) is 2. The van der Waals surface area contributed by atoms with Gasteiger partial charge in [-0.1, -0.05) is 19.9 Å². The van der Waals surface area contributed by atoms with Crippen LogP contribution in [0.25, 0.3) is 0 Å². The molecule has 1 saturated heterocycles. The van der Waals surface area contributed by atoms with Crippen LogP contribution >= 0.6 is 0 Å². The molecule has 1 aromatic carbocycles. The fraction of sp³-hybridized carbons (Fsp3) is 0.625. The second-order valence-corrected chi connectivity index (χ2v) is 5.65. The van der Waals surface area contributed by atoms with E-state index in [1.807, 2.05) is 13.1 Å². The predicted molar refractivity (Wildman–Crippen MR) is 79.0 cm³/mol. The van der Waals surface area contributed by atoms with Gasteiger partial charge in [-0.3, -0.25) is 0 Å². The van der Waals surface area contributed by atoms with Gasteiger partial charge in [0.15, 0.2) is 0 Å². The maximum Gasteiger partial charge on any atom is 0.129 e. The highest BCUT2D eigenvalue weighted by Gasteiger charge is 2.35. The summed E-state index contributed by atoms with van der Waals surface area (Å²) in [5.41, 5.74) is 2.29. The molecule has 2 nitrogen and oxygen atoms in total. The zero-order valence-corrected chi connectivity index (χ0v) is 12.3. The monoisotopic (exact) mass is 264 g/mol. The molecular formula is C16H25FN2. The first-order valence-electron chi connectivity index (χ1n) is 7.32. The number of rotatable bonds is 5. The highest BCUT2D eigenvalue weighted by molar-refractivity contribution is 5.55. The summed E-state index contributed by atoms with van der Waals surface area (Å²) in [6, 6.07) is 5.43. The first-order valence-corrected chi connectivity index (χ1v) is 7.32. The SMILES string of the molecule is CCC1(CC)CCN(c2cccc(F)c2CNC)C1. The van der Waals surface area contributed by atoms with Gasteiger partial charge in [0.05, 0.1) is 0 Å². The van der Waals surface area contributed by atoms with Gasteiger partial charge in [0.2, 0.25) is 0 Å². The molecule has 0 bridgehead atoms. The molecule has 0 aliphatic carbocycles. The van der Waals surface area contributed by atoms with Crippen LogP contribution in [0.1, 0.15) is 38.7 Å². The summed E-state index contributed by atoms with van der Waals surface area (Å²) in [5, 5.41) is 3.07. The Kier molecular flexibility index (Phi) is 4.46. The Morgan fingerprint density at radius 1 is 1.32 bits per heavy atom. The molecule has 0 unspecified atom stereocenters. The molecule has 0 aromatic heterocycles. The summed E-state index contributed by atoms with van der Waals surface area (Å²) in [6.45, 7) is 7.23. The van der Waals surface area contributed by atoms with E-state index in [1.165, 1.54) is 19.3 Å². The first-order chi connectivity index (χ1) is 9.15. The Balaban J connectivity index is 2.26. The molecule has 1 fully saturated rings. The van der Waals surface area contributed by atoms with Crippen molar-refractivity contribution in [1.29, 1.82) is 0 Å². The molecule has 1 aliphatic rings. The van der Waals surface area contributed by atoms with Crippen LogP contribution in [0.3, 0.4) is 0 Å². The average molecular weight is 264 g/mol. The van der Waals surface area contributed by atoms with Crippen LogP contribution in [-0.4, -0.2) is 20.1 Å². The number of hydrogen-bond donors (Lipinski definition) is 1. The van der Waals surface area contributed by atoms with Gasteiger partial charge in [0, 0.05) is 30.9 Å². The van der Waals surface area contributed by atoms with Crippen molar-refractivity contribution in [3.8, 4) is 0 Å². The average Bonchev–Trinajstić information content (AvgIpc) is 2.86. The second-order valence-electron chi connectivity index (χ2n) is 5.65. The maximum atomic E-state index is 14.0. The Bertz CT molecular complexity index is 427. The minimum absolute atomic E-state index is 0.0997. The lowest BCUT2D eigenvalue weighted by Crippen LogP contribution is -2.27. The molecule has 1 aromatic rings. The lowest BCUT2D eigenvalue weighted by Gasteiger charge is -2.28. The van der Waals surface area contributed by atoms with E-state index in [1.54, 1.807) is 6.07 Å². The van der Waals surface area contributed by atoms with E-state index in [0.717, 1.165) is 24.3 Å². The third-order valence-electron chi connectivity index (χ3n) is 4.73. The molecule has 0 amide bonds. The van der Waals surface area contributed by atoms with Crippen LogP contribution in [0, 0.1) is 11.2 Å². The van der Waals surface area contributed by atoms with Crippen LogP contribution in [0.5, 0.6) is 0 Å². The van der Waals surface area contributed by atoms with E-state index >= 15 is 0 Å². The molecule has 2 rings (SSSR count). The summed E-state index contributed by atoms with van der Waals surface area (Å²) < 4.78 is 14.0. The molecule has 19 heavy (non-hydrogen) atoms. The van der Waals surface area contributed by atoms with Gasteiger partial charge < -0.3 is 10.2 Å². The molecule has 1 heterocycles. The summed E-state index contributed by atoms with van der Waals surface area (Å²) in [4.78, 5) is 2.36. The minimum atomic E-state index is -0.0997. The highest BCUT2D eigenvalue weighted by atomic mass is 19.1. The fourth-order valence-electron chi connectivity index (χ4n) is 3.16. The maximum absolute atomic E-state index is 14.0. The predicted octanol–water partition coefficient (Wildman–Crippen LogP) is 3.56. The van der Waals surface area contributed by atoms with Crippen molar-refractivity contribution in [2.24, 2.45) is 5.41 Å². The molecule has 0 saturated carbocycles. The van der Waals surface area contributed by atoms with E-state index in [0.29, 0.717) is 12.0 Å². The van der Waals surface area contributed by atoms with Crippen LogP contribution in [0.15, 0.2) is 18.2 Å². The van der Waals surface area contributed by atoms with E-state index in [2.05, 4.69) is 30.1 Å². The Labute approximate surface area is 116 Å². The van der Waals surface area contributed by atoms with Crippen LogP contribution in [0.4, 0.5) is 10.1 Å². The number of halogens is 1. The van der Waals surface area contributed by atoms with Crippen molar-refractivity contribution < 1.29 is 4.39 Å². The van der Waals surface area contributed by atoms with Gasteiger partial charge in [0.1, 0.15) is 5.82 Å². The lowest BCUT2D eigenvalue weighted by molar-refractivity contribution is 0.301. The number of nitrogens with zero attached hydrogens (tertiary/aromatic N) is 1. The van der Waals surface area contributed by atoms with Gasteiger partial charge in [-0.25, -0.2) is 4.39 Å². The van der Waals surface area contributed by atoms with E-state index < -0.39 is 0 Å². The largest absolute Gasteiger partial charge is 0.371 e. The Hall–Kier alpha value is -1.09. The number of anilines is 1. The van der Waals surface area contributed by atoms with Crippen molar-refractivity contribution in [3.63, 3.8) is 0 Å². The van der Waals surface area contributed by atoms with Gasteiger partial charge in [-0.05, 0) is 43.9 Å². The second kappa shape index (κ2) is 5.91. The number of benzene rings is 1. The van der Waals surface area contributed by atoms with Crippen LogP contribution in [-0.2, 0) is 6.54 Å². The van der Waals surface area contributed by atoms with Crippen molar-refractivity contribution in [2.75, 3.05) is 25.0 Å². The van der Waals surface area contributed by atoms with E-state index in [9.17, 15) is 4.39 Å². The fourth-order valence-corrected chi connectivity index (χ4v) is 3.16. The van der Waals surface area contributed by atoms with Gasteiger partial charge in [-0.2, -0.15) is 0 Å². The Morgan fingerprint density at radius 2 is 2.05 bits per heavy atom. The molecular weight excluding hydrogens is 239 g/mol. The van der Waals surface area contributed by atoms with Gasteiger partial charge >= 0.3 is 0 Å². The molecule has 0 spiro atoms. The molecule has 3 heteroatoms. The standard InChI is InChI=1S/C16H25FN2/c1-4-16(5-2)9-10-19(12-16)15-8-6-7-14(17)13(15)11-18-3/h6-8,18H,4-5,9-12H2,1-3H3. The third-order valence-corrected chi connectivity index (χ3v) is 4.73. The number of nitrogens with one attached hydrogen (secondary N) is 1. The first kappa shape index (κ1) is 14.3. The zero-order valence-electron chi connectivity index (χ0n) is 12.3. The third kappa shape index (κ3) is 2.76. The Morgan fingerprint density at radius 3 is 2.63 bits per heavy atom. The van der Waals surface area contributed by atoms with E-state index in [4.69, 9.17) is 0 Å². The topological polar surface area (TPSA) is 15.3 Å². The molecule has 106 valence electrons. The summed E-state index contributed by atoms with van der Waals surface area (Å²) in [7, 11) is 1.86. The smallest absolute Gasteiger partial charge is 0.129 e. The van der Waals surface area contributed by atoms with Gasteiger partial charge in [0.25, 0.3) is 0 Å². The van der Waals surface area contributed by atoms with Crippen molar-refractivity contribution in [1.82, 2.24) is 5.32 Å². The summed E-state index contributed by atoms with van der Waals surface area (Å²) in [5.74, 6) is -0.0997. The van der Waals surface area contributed by atoms with Crippen LogP contribution < -0.4 is 10.2 Å². The van der Waals surface area contributed by atoms with Crippen molar-refractivity contribution >= 4 is 5.69 Å². The van der Waals surface area contributed by atoms with Gasteiger partial charge in [-0.15, -0.1) is 0 Å². The molecule has 1 N–H and O–H groups in total. The summed E-state index contributed by atoms with van der Waals surface area (Å²) in [6.07, 6.45) is 3.63. The zero-order chi connectivity index (χ0) is 13.9. The quantitative estimate of drug-likeness (QED) is 0.874. The van der Waals surface area contributed by atoms with Crippen molar-refractivity contribution in [3.05, 3.63) is 29.6 Å². The lowest BCUT2D eigenvalue weighted by atomic mass is 9.82. The summed E-state index contributed by atoms with van der Waals surface area (Å²) >= 11 is 0. The molecule has 1 aliphatic heterocycles. The van der Waals surface area contributed by atoms with Crippen molar-refractivity contribution in [2.45, 2.75) is 39.7 Å².